The first-order valence-corrected chi connectivity index (χ1v) is 8.44. The molecule has 0 amide bonds. The number of pyridine rings is 2. The second kappa shape index (κ2) is 6.34. The Bertz CT molecular complexity index is 1140. The average molecular weight is 412 g/mol. The Morgan fingerprint density at radius 1 is 1.15 bits per heavy atom. The molecule has 0 spiro atoms. The second-order valence-electron chi connectivity index (χ2n) is 5.67. The molecule has 4 aromatic rings. The van der Waals surface area contributed by atoms with Crippen LogP contribution in [0.5, 0.6) is 0 Å². The van der Waals surface area contributed by atoms with Gasteiger partial charge in [-0.05, 0) is 30.3 Å². The zero-order chi connectivity index (χ0) is 18.3. The number of hydrogen-bond acceptors (Lipinski definition) is 3. The predicted molar refractivity (Wildman–Crippen MR) is 98.5 cm³/mol. The molecule has 0 aliphatic heterocycles. The molecule has 0 bridgehead atoms. The van der Waals surface area contributed by atoms with Gasteiger partial charge in [-0.2, -0.15) is 0 Å². The zero-order valence-corrected chi connectivity index (χ0v) is 14.8. The van der Waals surface area contributed by atoms with E-state index in [-0.39, 0.29) is 5.56 Å². The van der Waals surface area contributed by atoms with Crippen LogP contribution >= 0.6 is 15.9 Å². The van der Waals surface area contributed by atoms with Crippen LogP contribution in [0.2, 0.25) is 0 Å². The lowest BCUT2D eigenvalue weighted by molar-refractivity contribution is 0.0696. The number of carboxylic acids is 1. The molecule has 0 saturated heterocycles. The van der Waals surface area contributed by atoms with Crippen molar-refractivity contribution in [3.63, 3.8) is 0 Å². The number of imidazole rings is 1. The molecule has 26 heavy (non-hydrogen) atoms. The number of hydrogen-bond donors (Lipinski definition) is 1. The number of benzene rings is 1. The zero-order valence-electron chi connectivity index (χ0n) is 13.2. The van der Waals surface area contributed by atoms with E-state index < -0.39 is 11.8 Å². The number of aromatic nitrogens is 3. The Morgan fingerprint density at radius 2 is 2.00 bits per heavy atom. The van der Waals surface area contributed by atoms with E-state index in [0.717, 1.165) is 5.56 Å². The molecule has 0 radical (unpaired) electrons. The van der Waals surface area contributed by atoms with Crippen molar-refractivity contribution in [3.8, 4) is 22.4 Å². The van der Waals surface area contributed by atoms with Gasteiger partial charge >= 0.3 is 5.97 Å². The van der Waals surface area contributed by atoms with Crippen LogP contribution in [0.1, 0.15) is 10.4 Å². The maximum Gasteiger partial charge on any atom is 0.337 e. The van der Waals surface area contributed by atoms with Crippen molar-refractivity contribution >= 4 is 27.5 Å². The predicted octanol–water partition coefficient (Wildman–Crippen LogP) is 4.66. The molecule has 0 aliphatic rings. The normalized spacial score (nSPS) is 11.0. The van der Waals surface area contributed by atoms with Crippen molar-refractivity contribution in [1.82, 2.24) is 14.4 Å². The van der Waals surface area contributed by atoms with Gasteiger partial charge in [0, 0.05) is 46.0 Å². The molecule has 1 aromatic carbocycles. The summed E-state index contributed by atoms with van der Waals surface area (Å²) >= 11 is 3.23. The maximum atomic E-state index is 14.3. The molecule has 3 aromatic heterocycles. The molecule has 0 fully saturated rings. The standard InChI is InChI=1S/C19H11BrFN3O2/c20-13-3-4-14(16(21)7-13)17-10-24-9-12(19(25)26)6-15(18(24)23-17)11-2-1-5-22-8-11/h1-10H,(H,25,26). The quantitative estimate of drug-likeness (QED) is 0.532. The van der Waals surface area contributed by atoms with Gasteiger partial charge in [0.05, 0.1) is 11.3 Å². The first-order chi connectivity index (χ1) is 12.5. The van der Waals surface area contributed by atoms with Crippen molar-refractivity contribution in [3.05, 3.63) is 77.0 Å². The number of nitrogens with zero attached hydrogens (tertiary/aromatic N) is 3. The fourth-order valence-electron chi connectivity index (χ4n) is 2.78. The van der Waals surface area contributed by atoms with E-state index in [1.807, 2.05) is 6.07 Å². The van der Waals surface area contributed by atoms with E-state index >= 15 is 0 Å². The lowest BCUT2D eigenvalue weighted by atomic mass is 10.1. The van der Waals surface area contributed by atoms with E-state index in [9.17, 15) is 14.3 Å². The summed E-state index contributed by atoms with van der Waals surface area (Å²) < 4.78 is 16.5. The van der Waals surface area contributed by atoms with Gasteiger partial charge in [-0.15, -0.1) is 0 Å². The van der Waals surface area contributed by atoms with Crippen molar-refractivity contribution in [2.75, 3.05) is 0 Å². The smallest absolute Gasteiger partial charge is 0.337 e. The van der Waals surface area contributed by atoms with Crippen LogP contribution < -0.4 is 0 Å². The lowest BCUT2D eigenvalue weighted by Crippen LogP contribution is -2.00. The van der Waals surface area contributed by atoms with E-state index in [0.29, 0.717) is 26.9 Å². The Morgan fingerprint density at radius 3 is 2.69 bits per heavy atom. The van der Waals surface area contributed by atoms with Crippen molar-refractivity contribution in [1.29, 1.82) is 0 Å². The van der Waals surface area contributed by atoms with Gasteiger partial charge < -0.3 is 9.51 Å². The molecule has 1 N–H and O–H groups in total. The summed E-state index contributed by atoms with van der Waals surface area (Å²) in [6.07, 6.45) is 6.35. The third kappa shape index (κ3) is 2.86. The monoisotopic (exact) mass is 411 g/mol. The van der Waals surface area contributed by atoms with Crippen molar-refractivity contribution in [2.45, 2.75) is 0 Å². The van der Waals surface area contributed by atoms with E-state index in [1.54, 1.807) is 47.3 Å². The first-order valence-electron chi connectivity index (χ1n) is 7.65. The van der Waals surface area contributed by atoms with E-state index in [4.69, 9.17) is 0 Å². The maximum absolute atomic E-state index is 14.3. The molecule has 7 heteroatoms. The average Bonchev–Trinajstić information content (AvgIpc) is 3.05. The highest BCUT2D eigenvalue weighted by Gasteiger charge is 2.16. The second-order valence-corrected chi connectivity index (χ2v) is 6.59. The Labute approximate surface area is 155 Å². The molecular weight excluding hydrogens is 401 g/mol. The Kier molecular flexibility index (Phi) is 4.00. The highest BCUT2D eigenvalue weighted by atomic mass is 79.9. The highest BCUT2D eigenvalue weighted by Crippen LogP contribution is 2.30. The number of halogens is 2. The minimum atomic E-state index is -1.05. The van der Waals surface area contributed by atoms with Gasteiger partial charge in [-0.3, -0.25) is 4.98 Å². The third-order valence-electron chi connectivity index (χ3n) is 3.98. The molecule has 3 heterocycles. The molecule has 0 unspecified atom stereocenters. The number of aromatic carboxylic acids is 1. The molecule has 0 atom stereocenters. The third-order valence-corrected chi connectivity index (χ3v) is 4.47. The molecule has 5 nitrogen and oxygen atoms in total. The summed E-state index contributed by atoms with van der Waals surface area (Å²) in [4.78, 5) is 20.1. The first kappa shape index (κ1) is 16.4. The van der Waals surface area contributed by atoms with Gasteiger partial charge in [0.1, 0.15) is 11.5 Å². The minimum absolute atomic E-state index is 0.108. The van der Waals surface area contributed by atoms with E-state index in [2.05, 4.69) is 25.9 Å². The number of carboxylic acid groups (broad SMARTS) is 1. The number of rotatable bonds is 3. The Balaban J connectivity index is 1.99. The van der Waals surface area contributed by atoms with E-state index in [1.165, 1.54) is 12.3 Å². The summed E-state index contributed by atoms with van der Waals surface area (Å²) in [5, 5.41) is 9.40. The molecular formula is C19H11BrFN3O2. The molecule has 0 saturated carbocycles. The van der Waals surface area contributed by atoms with Gasteiger partial charge in [-0.1, -0.05) is 22.0 Å². The van der Waals surface area contributed by atoms with Gasteiger partial charge in [0.15, 0.2) is 0 Å². The summed E-state index contributed by atoms with van der Waals surface area (Å²) in [5.74, 6) is -1.47. The largest absolute Gasteiger partial charge is 0.478 e. The van der Waals surface area contributed by atoms with Crippen LogP contribution in [0, 0.1) is 5.82 Å². The van der Waals surface area contributed by atoms with Crippen LogP contribution in [-0.4, -0.2) is 25.4 Å². The van der Waals surface area contributed by atoms with Crippen LogP contribution in [0.15, 0.2) is 65.7 Å². The molecule has 4 rings (SSSR count). The molecule has 0 aliphatic carbocycles. The molecule has 128 valence electrons. The number of fused-ring (bicyclic) bond motifs is 1. The summed E-state index contributed by atoms with van der Waals surface area (Å²) in [6.45, 7) is 0. The van der Waals surface area contributed by atoms with Crippen LogP contribution in [0.3, 0.4) is 0 Å². The topological polar surface area (TPSA) is 67.5 Å². The fraction of sp³-hybridized carbons (Fsp3) is 0. The van der Waals surface area contributed by atoms with Crippen LogP contribution in [-0.2, 0) is 0 Å². The van der Waals surface area contributed by atoms with Gasteiger partial charge in [-0.25, -0.2) is 14.2 Å². The van der Waals surface area contributed by atoms with Crippen molar-refractivity contribution in [2.24, 2.45) is 0 Å². The summed E-state index contributed by atoms with van der Waals surface area (Å²) in [6, 6.07) is 9.85. The van der Waals surface area contributed by atoms with Crippen molar-refractivity contribution < 1.29 is 14.3 Å². The summed E-state index contributed by atoms with van der Waals surface area (Å²) in [7, 11) is 0. The van der Waals surface area contributed by atoms with Crippen LogP contribution in [0.4, 0.5) is 4.39 Å². The minimum Gasteiger partial charge on any atom is -0.478 e. The van der Waals surface area contributed by atoms with Gasteiger partial charge in [0.25, 0.3) is 0 Å². The number of carbonyl (C=O) groups is 1. The van der Waals surface area contributed by atoms with Gasteiger partial charge in [0.2, 0.25) is 0 Å². The summed E-state index contributed by atoms with van der Waals surface area (Å²) in [5.41, 5.74) is 2.74. The highest BCUT2D eigenvalue weighted by molar-refractivity contribution is 9.10. The Hall–Kier alpha value is -3.06. The lowest BCUT2D eigenvalue weighted by Gasteiger charge is -2.05. The van der Waals surface area contributed by atoms with Crippen LogP contribution in [0.25, 0.3) is 28.0 Å². The fourth-order valence-corrected chi connectivity index (χ4v) is 3.11. The SMILES string of the molecule is O=C(O)c1cc(-c2cccnc2)c2nc(-c3ccc(Br)cc3F)cn2c1.